The molecule has 1 atom stereocenters. The molecule has 0 bridgehead atoms. The first-order valence-electron chi connectivity index (χ1n) is 6.06. The minimum Gasteiger partial charge on any atom is -0.116 e. The van der Waals surface area contributed by atoms with Gasteiger partial charge in [0, 0.05) is 5.04 Å². The Labute approximate surface area is 104 Å². The first-order valence-corrected chi connectivity index (χ1v) is 11.7. The maximum atomic E-state index is 3.79. The maximum Gasteiger partial charge on any atom is 0.0677 e. The van der Waals surface area contributed by atoms with Crippen molar-refractivity contribution >= 4 is 16.0 Å². The van der Waals surface area contributed by atoms with Crippen LogP contribution in [-0.2, 0) is 0 Å². The smallest absolute Gasteiger partial charge is 0.0677 e. The summed E-state index contributed by atoms with van der Waals surface area (Å²) in [5, 5.41) is 0.272. The minimum absolute atomic E-state index is 0.206. The molecule has 0 aromatic carbocycles. The van der Waals surface area contributed by atoms with Gasteiger partial charge in [-0.05, 0) is 57.1 Å². The Morgan fingerprint density at radius 1 is 1.19 bits per heavy atom. The van der Waals surface area contributed by atoms with Crippen molar-refractivity contribution in [3.63, 3.8) is 0 Å². The Balaban J connectivity index is 3.14. The van der Waals surface area contributed by atoms with Gasteiger partial charge in [-0.15, -0.1) is 7.92 Å². The molecule has 0 aromatic heterocycles. The van der Waals surface area contributed by atoms with Gasteiger partial charge in [0.15, 0.2) is 0 Å². The molecule has 0 spiro atoms. The van der Waals surface area contributed by atoms with Crippen LogP contribution in [0.15, 0.2) is 16.7 Å². The van der Waals surface area contributed by atoms with E-state index in [1.165, 1.54) is 16.9 Å². The standard InChI is InChI=1S/C14H26PSi/c1-11-9-14(4,13(3)12(11)2)16(7,8)10-15(5)6/h10H2,1-8H3. The van der Waals surface area contributed by atoms with E-state index in [0.717, 1.165) is 0 Å². The lowest BCUT2D eigenvalue weighted by Gasteiger charge is -2.41. The molecule has 0 amide bonds. The highest BCUT2D eigenvalue weighted by Crippen LogP contribution is 2.54. The zero-order chi connectivity index (χ0) is 12.7. The fourth-order valence-corrected chi connectivity index (χ4v) is 12.2. The Morgan fingerprint density at radius 2 is 1.69 bits per heavy atom. The summed E-state index contributed by atoms with van der Waals surface area (Å²) in [6.45, 7) is 19.1. The molecule has 0 nitrogen and oxygen atoms in total. The van der Waals surface area contributed by atoms with Crippen LogP contribution in [0.25, 0.3) is 0 Å². The molecule has 2 heteroatoms. The van der Waals surface area contributed by atoms with Crippen molar-refractivity contribution in [2.24, 2.45) is 0 Å². The molecule has 0 N–H and O–H groups in total. The van der Waals surface area contributed by atoms with Gasteiger partial charge in [-0.2, -0.15) is 0 Å². The highest BCUT2D eigenvalue weighted by atomic mass is 31.1. The van der Waals surface area contributed by atoms with E-state index in [2.05, 4.69) is 60.2 Å². The SMILES string of the molecule is CC1=[C]C(C)([Si](C)(C)CP(C)C)C(C)=C1C. The van der Waals surface area contributed by atoms with E-state index in [1.54, 1.807) is 5.57 Å². The number of hydrogen-bond acceptors (Lipinski definition) is 0. The number of hydrogen-bond donors (Lipinski definition) is 0. The van der Waals surface area contributed by atoms with Crippen LogP contribution < -0.4 is 0 Å². The normalized spacial score (nSPS) is 26.7. The van der Waals surface area contributed by atoms with Crippen molar-refractivity contribution in [3.05, 3.63) is 22.8 Å². The molecule has 0 aliphatic heterocycles. The summed E-state index contributed by atoms with van der Waals surface area (Å²) < 4.78 is 0. The summed E-state index contributed by atoms with van der Waals surface area (Å²) in [4.78, 5) is 0. The molecular formula is C14H26PSi. The Morgan fingerprint density at radius 3 is 2.00 bits per heavy atom. The summed E-state index contributed by atoms with van der Waals surface area (Å²) in [7, 11) is -1.06. The number of rotatable bonds is 3. The molecule has 91 valence electrons. The quantitative estimate of drug-likeness (QED) is 0.499. The lowest BCUT2D eigenvalue weighted by Crippen LogP contribution is -2.43. The average Bonchev–Trinajstić information content (AvgIpc) is 2.29. The molecule has 1 rings (SSSR count). The second-order valence-corrected chi connectivity index (χ2v) is 14.4. The summed E-state index contributed by atoms with van der Waals surface area (Å²) in [5.74, 6) is 1.45. The molecule has 1 aliphatic rings. The molecule has 1 aliphatic carbocycles. The third-order valence-corrected chi connectivity index (χ3v) is 13.3. The topological polar surface area (TPSA) is 0 Å². The first kappa shape index (κ1) is 14.2. The van der Waals surface area contributed by atoms with Crippen molar-refractivity contribution in [2.75, 3.05) is 19.1 Å². The van der Waals surface area contributed by atoms with Crippen LogP contribution in [0.2, 0.25) is 18.1 Å². The van der Waals surface area contributed by atoms with E-state index in [4.69, 9.17) is 0 Å². The van der Waals surface area contributed by atoms with Gasteiger partial charge in [0.25, 0.3) is 0 Å². The lowest BCUT2D eigenvalue weighted by atomic mass is 10.0. The summed E-state index contributed by atoms with van der Waals surface area (Å²) >= 11 is 0. The van der Waals surface area contributed by atoms with E-state index in [0.29, 0.717) is 0 Å². The van der Waals surface area contributed by atoms with Crippen LogP contribution in [-0.4, -0.2) is 27.2 Å². The lowest BCUT2D eigenvalue weighted by molar-refractivity contribution is 0.828. The van der Waals surface area contributed by atoms with E-state index < -0.39 is 8.07 Å². The van der Waals surface area contributed by atoms with Crippen molar-refractivity contribution in [1.29, 1.82) is 0 Å². The van der Waals surface area contributed by atoms with Crippen molar-refractivity contribution in [2.45, 2.75) is 45.8 Å². The Bertz CT molecular complexity index is 350. The highest BCUT2D eigenvalue weighted by Gasteiger charge is 2.46. The molecule has 1 unspecified atom stereocenters. The second kappa shape index (κ2) is 4.42. The number of allylic oxidation sites excluding steroid dienone is 4. The molecule has 0 aromatic rings. The van der Waals surface area contributed by atoms with Crippen molar-refractivity contribution in [1.82, 2.24) is 0 Å². The van der Waals surface area contributed by atoms with Gasteiger partial charge in [-0.3, -0.25) is 0 Å². The van der Waals surface area contributed by atoms with Gasteiger partial charge in [0.1, 0.15) is 0 Å². The van der Waals surface area contributed by atoms with E-state index >= 15 is 0 Å². The molecular weight excluding hydrogens is 227 g/mol. The molecule has 1 radical (unpaired) electrons. The average molecular weight is 253 g/mol. The van der Waals surface area contributed by atoms with E-state index in [9.17, 15) is 0 Å². The van der Waals surface area contributed by atoms with E-state index in [1.807, 2.05) is 0 Å². The third kappa shape index (κ3) is 2.22. The van der Waals surface area contributed by atoms with Crippen LogP contribution in [0.4, 0.5) is 0 Å². The van der Waals surface area contributed by atoms with E-state index in [-0.39, 0.29) is 13.0 Å². The Hall–Kier alpha value is 0.127. The van der Waals surface area contributed by atoms with Gasteiger partial charge in [-0.1, -0.05) is 25.6 Å². The molecule has 0 heterocycles. The van der Waals surface area contributed by atoms with Crippen LogP contribution in [0.3, 0.4) is 0 Å². The zero-order valence-electron chi connectivity index (χ0n) is 12.2. The predicted octanol–water partition coefficient (Wildman–Crippen LogP) is 4.84. The largest absolute Gasteiger partial charge is 0.116 e. The third-order valence-electron chi connectivity index (χ3n) is 4.38. The summed E-state index contributed by atoms with van der Waals surface area (Å²) in [5.41, 5.74) is 4.45. The van der Waals surface area contributed by atoms with Crippen LogP contribution in [0.5, 0.6) is 0 Å². The highest BCUT2D eigenvalue weighted by molar-refractivity contribution is 7.59. The molecule has 0 fully saturated rings. The van der Waals surface area contributed by atoms with Crippen molar-refractivity contribution in [3.8, 4) is 0 Å². The summed E-state index contributed by atoms with van der Waals surface area (Å²) in [6, 6.07) is 0. The minimum atomic E-state index is -1.27. The molecule has 16 heavy (non-hydrogen) atoms. The van der Waals surface area contributed by atoms with Crippen LogP contribution in [0, 0.1) is 6.08 Å². The van der Waals surface area contributed by atoms with Gasteiger partial charge >= 0.3 is 0 Å². The van der Waals surface area contributed by atoms with Crippen LogP contribution in [0.1, 0.15) is 27.7 Å². The molecule has 0 saturated heterocycles. The summed E-state index contributed by atoms with van der Waals surface area (Å²) in [6.07, 6.45) is 3.79. The fourth-order valence-electron chi connectivity index (χ4n) is 2.84. The van der Waals surface area contributed by atoms with Crippen molar-refractivity contribution < 1.29 is 0 Å². The zero-order valence-corrected chi connectivity index (χ0v) is 14.0. The van der Waals surface area contributed by atoms with Crippen LogP contribution >= 0.6 is 7.92 Å². The van der Waals surface area contributed by atoms with Gasteiger partial charge in [0.05, 0.1) is 8.07 Å². The fraction of sp³-hybridized carbons (Fsp3) is 0.714. The van der Waals surface area contributed by atoms with Gasteiger partial charge in [0.2, 0.25) is 0 Å². The first-order chi connectivity index (χ1) is 7.12. The monoisotopic (exact) mass is 253 g/mol. The second-order valence-electron chi connectivity index (χ2n) is 6.25. The maximum absolute atomic E-state index is 3.79. The molecule has 0 saturated carbocycles. The predicted molar refractivity (Wildman–Crippen MR) is 80.3 cm³/mol. The van der Waals surface area contributed by atoms with Gasteiger partial charge < -0.3 is 0 Å². The Kier molecular flexibility index (Phi) is 3.92. The van der Waals surface area contributed by atoms with Gasteiger partial charge in [-0.25, -0.2) is 0 Å².